The molecule has 2 aromatic carbocycles. The molecule has 2 N–H and O–H groups in total. The van der Waals surface area contributed by atoms with Gasteiger partial charge in [0.2, 0.25) is 5.91 Å². The third-order valence-corrected chi connectivity index (χ3v) is 7.61. The van der Waals surface area contributed by atoms with Gasteiger partial charge in [0.05, 0.1) is 0 Å². The van der Waals surface area contributed by atoms with Crippen LogP contribution >= 0.6 is 23.2 Å². The van der Waals surface area contributed by atoms with Gasteiger partial charge < -0.3 is 15.5 Å². The summed E-state index contributed by atoms with van der Waals surface area (Å²) in [5.74, 6) is 0.452. The number of anilines is 1. The van der Waals surface area contributed by atoms with Crippen LogP contribution in [0, 0.1) is 5.92 Å². The van der Waals surface area contributed by atoms with E-state index in [9.17, 15) is 4.79 Å². The number of fused-ring (bicyclic) bond motifs is 1. The Hall–Kier alpha value is -1.75. The predicted molar refractivity (Wildman–Crippen MR) is 118 cm³/mol. The van der Waals surface area contributed by atoms with Gasteiger partial charge in [0, 0.05) is 21.7 Å². The van der Waals surface area contributed by atoms with Gasteiger partial charge in [-0.3, -0.25) is 4.79 Å². The highest BCUT2D eigenvalue weighted by Gasteiger charge is 2.55. The van der Waals surface area contributed by atoms with Crippen molar-refractivity contribution in [2.45, 2.75) is 43.8 Å². The fraction of sp³-hybridized carbons (Fsp3) is 0.435. The maximum Gasteiger partial charge on any atom is 0.247 e. The van der Waals surface area contributed by atoms with E-state index in [4.69, 9.17) is 23.2 Å². The molecular formula is C23H25Cl2N3O. The normalized spacial score (nSPS) is 25.7. The number of carbonyl (C=O) groups excluding carboxylic acids is 1. The number of amides is 1. The molecule has 4 nitrogen and oxygen atoms in total. The van der Waals surface area contributed by atoms with Crippen LogP contribution < -0.4 is 15.5 Å². The van der Waals surface area contributed by atoms with Gasteiger partial charge in [-0.1, -0.05) is 41.4 Å². The summed E-state index contributed by atoms with van der Waals surface area (Å²) < 4.78 is 0. The second-order valence-corrected chi connectivity index (χ2v) is 9.21. The molecule has 2 heterocycles. The molecule has 2 unspecified atom stereocenters. The van der Waals surface area contributed by atoms with Crippen LogP contribution in [0.2, 0.25) is 10.0 Å². The second-order valence-electron chi connectivity index (χ2n) is 8.39. The molecule has 2 atom stereocenters. The Morgan fingerprint density at radius 3 is 2.38 bits per heavy atom. The number of halogens is 2. The molecule has 2 fully saturated rings. The van der Waals surface area contributed by atoms with Crippen molar-refractivity contribution in [1.29, 1.82) is 0 Å². The zero-order valence-corrected chi connectivity index (χ0v) is 17.8. The van der Waals surface area contributed by atoms with Gasteiger partial charge >= 0.3 is 0 Å². The number of nitrogens with zero attached hydrogens (tertiary/aromatic N) is 1. The second kappa shape index (κ2) is 7.50. The highest BCUT2D eigenvalue weighted by molar-refractivity contribution is 6.34. The summed E-state index contributed by atoms with van der Waals surface area (Å²) in [7, 11) is 0. The van der Waals surface area contributed by atoms with E-state index in [2.05, 4.69) is 39.8 Å². The summed E-state index contributed by atoms with van der Waals surface area (Å²) in [5, 5.41) is 8.37. The number of rotatable bonds is 2. The maximum absolute atomic E-state index is 13.3. The first-order chi connectivity index (χ1) is 14.1. The largest absolute Gasteiger partial charge is 0.336 e. The zero-order valence-electron chi connectivity index (χ0n) is 16.3. The van der Waals surface area contributed by atoms with Crippen LogP contribution in [0.25, 0.3) is 0 Å². The SMILES string of the molecule is O=C1NC(C2CCc3c(Cl)ccc(Cl)c3C2)N(c2ccccc2)C12CCNCC2. The van der Waals surface area contributed by atoms with Gasteiger partial charge in [0.1, 0.15) is 11.7 Å². The first kappa shape index (κ1) is 19.2. The van der Waals surface area contributed by atoms with Crippen molar-refractivity contribution in [3.8, 4) is 0 Å². The molecule has 0 radical (unpaired) electrons. The summed E-state index contributed by atoms with van der Waals surface area (Å²) in [4.78, 5) is 15.7. The number of nitrogens with one attached hydrogen (secondary N) is 2. The fourth-order valence-corrected chi connectivity index (χ4v) is 5.96. The lowest BCUT2D eigenvalue weighted by Crippen LogP contribution is -2.57. The van der Waals surface area contributed by atoms with Crippen molar-refractivity contribution in [2.24, 2.45) is 5.92 Å². The summed E-state index contributed by atoms with van der Waals surface area (Å²) >= 11 is 13.0. The standard InChI is InChI=1S/C23H25Cl2N3O/c24-19-8-9-20(25)18-14-15(6-7-17(18)19)21-27-22(29)23(10-12-26-13-11-23)28(21)16-4-2-1-3-5-16/h1-5,8-9,15,21,26H,6-7,10-14H2,(H,27,29). The third kappa shape index (κ3) is 3.13. The fourth-order valence-electron chi connectivity index (χ4n) is 5.43. The smallest absolute Gasteiger partial charge is 0.247 e. The van der Waals surface area contributed by atoms with Crippen LogP contribution in [-0.2, 0) is 17.6 Å². The van der Waals surface area contributed by atoms with Gasteiger partial charge in [-0.15, -0.1) is 0 Å². The minimum absolute atomic E-state index is 0.0359. The topological polar surface area (TPSA) is 44.4 Å². The molecule has 1 spiro atoms. The van der Waals surface area contributed by atoms with Gasteiger partial charge in [-0.2, -0.15) is 0 Å². The third-order valence-electron chi connectivity index (χ3n) is 6.90. The van der Waals surface area contributed by atoms with Crippen LogP contribution in [0.5, 0.6) is 0 Å². The Morgan fingerprint density at radius 2 is 1.66 bits per heavy atom. The van der Waals surface area contributed by atoms with Crippen LogP contribution in [0.1, 0.15) is 30.4 Å². The lowest BCUT2D eigenvalue weighted by atomic mass is 9.80. The molecule has 1 amide bonds. The number of piperidine rings is 1. The average Bonchev–Trinajstić information content (AvgIpc) is 3.03. The van der Waals surface area contributed by atoms with E-state index in [1.807, 2.05) is 18.2 Å². The number of para-hydroxylation sites is 1. The van der Waals surface area contributed by atoms with E-state index < -0.39 is 5.54 Å². The minimum atomic E-state index is -0.477. The van der Waals surface area contributed by atoms with Crippen molar-refractivity contribution in [3.05, 3.63) is 63.6 Å². The van der Waals surface area contributed by atoms with Crippen molar-refractivity contribution in [2.75, 3.05) is 18.0 Å². The number of hydrogen-bond acceptors (Lipinski definition) is 3. The Balaban J connectivity index is 1.54. The van der Waals surface area contributed by atoms with Gasteiger partial charge in [0.25, 0.3) is 0 Å². The van der Waals surface area contributed by atoms with E-state index in [0.29, 0.717) is 0 Å². The van der Waals surface area contributed by atoms with Gasteiger partial charge in [0.15, 0.2) is 0 Å². The Labute approximate surface area is 181 Å². The van der Waals surface area contributed by atoms with Crippen molar-refractivity contribution < 1.29 is 4.79 Å². The van der Waals surface area contributed by atoms with Gasteiger partial charge in [-0.05, 0) is 80.6 Å². The maximum atomic E-state index is 13.3. The van der Waals surface area contributed by atoms with E-state index in [-0.39, 0.29) is 18.0 Å². The first-order valence-electron chi connectivity index (χ1n) is 10.4. The Morgan fingerprint density at radius 1 is 0.966 bits per heavy atom. The average molecular weight is 430 g/mol. The van der Waals surface area contributed by atoms with Crippen LogP contribution in [0.15, 0.2) is 42.5 Å². The Kier molecular flexibility index (Phi) is 4.97. The highest BCUT2D eigenvalue weighted by atomic mass is 35.5. The minimum Gasteiger partial charge on any atom is -0.336 e. The molecule has 3 aliphatic rings. The molecule has 5 rings (SSSR count). The van der Waals surface area contributed by atoms with Crippen LogP contribution in [-0.4, -0.2) is 30.7 Å². The number of hydrogen-bond donors (Lipinski definition) is 2. The predicted octanol–water partition coefficient (Wildman–Crippen LogP) is 4.18. The van der Waals surface area contributed by atoms with E-state index in [1.54, 1.807) is 0 Å². The summed E-state index contributed by atoms with van der Waals surface area (Å²) in [6.45, 7) is 1.72. The molecule has 0 saturated carbocycles. The number of benzene rings is 2. The first-order valence-corrected chi connectivity index (χ1v) is 11.2. The van der Waals surface area contributed by atoms with E-state index >= 15 is 0 Å². The van der Waals surface area contributed by atoms with E-state index in [1.165, 1.54) is 5.56 Å². The Bertz CT molecular complexity index is 927. The molecule has 29 heavy (non-hydrogen) atoms. The van der Waals surface area contributed by atoms with Crippen LogP contribution in [0.3, 0.4) is 0 Å². The molecule has 2 aliphatic heterocycles. The summed E-state index contributed by atoms with van der Waals surface area (Å²) in [5.41, 5.74) is 2.95. The van der Waals surface area contributed by atoms with Crippen molar-refractivity contribution >= 4 is 34.8 Å². The highest BCUT2D eigenvalue weighted by Crippen LogP contribution is 2.43. The monoisotopic (exact) mass is 429 g/mol. The van der Waals surface area contributed by atoms with Crippen molar-refractivity contribution in [1.82, 2.24) is 10.6 Å². The summed E-state index contributed by atoms with van der Waals surface area (Å²) in [6.07, 6.45) is 4.31. The summed E-state index contributed by atoms with van der Waals surface area (Å²) in [6, 6.07) is 14.2. The lowest BCUT2D eigenvalue weighted by Gasteiger charge is -2.44. The zero-order chi connectivity index (χ0) is 20.0. The lowest BCUT2D eigenvalue weighted by molar-refractivity contribution is -0.124. The van der Waals surface area contributed by atoms with Crippen molar-refractivity contribution in [3.63, 3.8) is 0 Å². The molecule has 1 aliphatic carbocycles. The number of carbonyl (C=O) groups is 1. The molecule has 152 valence electrons. The molecule has 2 aromatic rings. The molecule has 2 saturated heterocycles. The molecular weight excluding hydrogens is 405 g/mol. The van der Waals surface area contributed by atoms with E-state index in [0.717, 1.165) is 66.5 Å². The molecule has 6 heteroatoms. The molecule has 0 bridgehead atoms. The van der Waals surface area contributed by atoms with Crippen LogP contribution in [0.4, 0.5) is 5.69 Å². The molecule has 0 aromatic heterocycles. The van der Waals surface area contributed by atoms with Gasteiger partial charge in [-0.25, -0.2) is 0 Å². The quantitative estimate of drug-likeness (QED) is 0.752.